The van der Waals surface area contributed by atoms with Crippen LogP contribution in [0.25, 0.3) is 0 Å². The Morgan fingerprint density at radius 2 is 2.00 bits per heavy atom. The number of hydrogen-bond donors (Lipinski definition) is 2. The molecule has 4 fully saturated rings. The summed E-state index contributed by atoms with van der Waals surface area (Å²) in [4.78, 5) is 0. The zero-order valence-corrected chi connectivity index (χ0v) is 19.4. The summed E-state index contributed by atoms with van der Waals surface area (Å²) in [7, 11) is 0. The van der Waals surface area contributed by atoms with Crippen molar-refractivity contribution in [3.63, 3.8) is 0 Å². The largest absolute Gasteiger partial charge is 0.393 e. The van der Waals surface area contributed by atoms with E-state index in [0.29, 0.717) is 23.5 Å². The highest BCUT2D eigenvalue weighted by molar-refractivity contribution is 5.38. The van der Waals surface area contributed by atoms with Gasteiger partial charge in [0, 0.05) is 12.0 Å². The van der Waals surface area contributed by atoms with Gasteiger partial charge in [-0.05, 0) is 99.5 Å². The van der Waals surface area contributed by atoms with Crippen LogP contribution < -0.4 is 5.32 Å². The summed E-state index contributed by atoms with van der Waals surface area (Å²) < 4.78 is 7.03. The molecule has 0 aromatic heterocycles. The molecule has 2 saturated carbocycles. The molecule has 2 heterocycles. The Hall–Kier alpha value is -0.640. The molecule has 0 bridgehead atoms. The number of aliphatic hydroxyl groups is 1. The van der Waals surface area contributed by atoms with Gasteiger partial charge in [0.1, 0.15) is 0 Å². The van der Waals surface area contributed by atoms with Crippen molar-refractivity contribution in [1.29, 1.82) is 0 Å². The van der Waals surface area contributed by atoms with Crippen molar-refractivity contribution < 1.29 is 9.84 Å². The number of nitrogens with one attached hydrogen (secondary N) is 1. The van der Waals surface area contributed by atoms with Crippen molar-refractivity contribution in [2.45, 2.75) is 103 Å². The van der Waals surface area contributed by atoms with Gasteiger partial charge in [0.25, 0.3) is 0 Å². The van der Waals surface area contributed by atoms with E-state index in [1.54, 1.807) is 16.7 Å². The van der Waals surface area contributed by atoms with E-state index in [9.17, 15) is 5.11 Å². The maximum Gasteiger partial charge on any atom is 0.0937 e. The second-order valence-electron chi connectivity index (χ2n) is 12.2. The number of ether oxygens (including phenoxy) is 1. The molecule has 6 aliphatic rings. The monoisotopic (exact) mass is 411 g/mol. The maximum absolute atomic E-state index is 10.3. The lowest BCUT2D eigenvalue weighted by molar-refractivity contribution is -0.0549. The molecule has 3 heteroatoms. The maximum atomic E-state index is 10.3. The number of fused-ring (bicyclic) bond motifs is 6. The minimum Gasteiger partial charge on any atom is -0.393 e. The Morgan fingerprint density at radius 1 is 1.17 bits per heavy atom. The number of aliphatic hydroxyl groups excluding tert-OH is 1. The molecule has 0 amide bonds. The van der Waals surface area contributed by atoms with Crippen LogP contribution in [0.4, 0.5) is 0 Å². The third-order valence-corrected chi connectivity index (χ3v) is 10.9. The van der Waals surface area contributed by atoms with Crippen LogP contribution >= 0.6 is 0 Å². The lowest BCUT2D eigenvalue weighted by Crippen LogP contribution is -2.49. The molecule has 0 unspecified atom stereocenters. The Morgan fingerprint density at radius 3 is 2.83 bits per heavy atom. The van der Waals surface area contributed by atoms with Gasteiger partial charge in [0.15, 0.2) is 0 Å². The average Bonchev–Trinajstić information content (AvgIpc) is 3.23. The quantitative estimate of drug-likeness (QED) is 0.551. The summed E-state index contributed by atoms with van der Waals surface area (Å²) in [5, 5.41) is 14.1. The molecule has 4 aliphatic carbocycles. The lowest BCUT2D eigenvalue weighted by atomic mass is 9.56. The summed E-state index contributed by atoms with van der Waals surface area (Å²) in [5.41, 5.74) is 5.25. The van der Waals surface area contributed by atoms with E-state index >= 15 is 0 Å². The van der Waals surface area contributed by atoms with Gasteiger partial charge in [-0.2, -0.15) is 0 Å². The fraction of sp³-hybridized carbons (Fsp3) is 0.852. The minimum absolute atomic E-state index is 0.0222. The lowest BCUT2D eigenvalue weighted by Gasteiger charge is -2.49. The average molecular weight is 412 g/mol. The van der Waals surface area contributed by atoms with E-state index in [-0.39, 0.29) is 11.7 Å². The highest BCUT2D eigenvalue weighted by Crippen LogP contribution is 2.65. The van der Waals surface area contributed by atoms with Crippen LogP contribution in [0.5, 0.6) is 0 Å². The van der Waals surface area contributed by atoms with E-state index in [4.69, 9.17) is 4.74 Å². The fourth-order valence-corrected chi connectivity index (χ4v) is 9.09. The Balaban J connectivity index is 1.34. The minimum atomic E-state index is -0.111. The zero-order chi connectivity index (χ0) is 20.8. The molecule has 6 rings (SSSR count). The van der Waals surface area contributed by atoms with E-state index in [1.807, 2.05) is 0 Å². The van der Waals surface area contributed by atoms with Crippen molar-refractivity contribution in [2.75, 3.05) is 6.54 Å². The third kappa shape index (κ3) is 2.55. The second-order valence-corrected chi connectivity index (χ2v) is 12.2. The van der Waals surface area contributed by atoms with E-state index in [0.717, 1.165) is 43.1 Å². The Labute approximate surface area is 182 Å². The zero-order valence-electron chi connectivity index (χ0n) is 19.4. The predicted octanol–water partition coefficient (Wildman–Crippen LogP) is 5.00. The van der Waals surface area contributed by atoms with Gasteiger partial charge in [0.2, 0.25) is 0 Å². The van der Waals surface area contributed by atoms with Crippen molar-refractivity contribution in [3.05, 3.63) is 22.8 Å². The summed E-state index contributed by atoms with van der Waals surface area (Å²) in [6.45, 7) is 10.9. The molecule has 0 aromatic rings. The van der Waals surface area contributed by atoms with Gasteiger partial charge in [-0.25, -0.2) is 0 Å². The van der Waals surface area contributed by atoms with E-state index < -0.39 is 0 Å². The van der Waals surface area contributed by atoms with Crippen LogP contribution in [-0.2, 0) is 4.74 Å². The van der Waals surface area contributed by atoms with Gasteiger partial charge in [-0.15, -0.1) is 0 Å². The topological polar surface area (TPSA) is 41.5 Å². The Bertz CT molecular complexity index is 801. The van der Waals surface area contributed by atoms with Crippen molar-refractivity contribution >= 4 is 0 Å². The first kappa shape index (κ1) is 20.0. The van der Waals surface area contributed by atoms with Gasteiger partial charge in [0.05, 0.1) is 17.8 Å². The van der Waals surface area contributed by atoms with Crippen LogP contribution in [0.1, 0.15) is 79.1 Å². The predicted molar refractivity (Wildman–Crippen MR) is 120 cm³/mol. The second kappa shape index (κ2) is 6.68. The number of allylic oxidation sites excluding steroid dienone is 2. The normalized spacial score (nSPS) is 55.0. The molecule has 10 atom stereocenters. The molecule has 3 nitrogen and oxygen atoms in total. The van der Waals surface area contributed by atoms with Gasteiger partial charge < -0.3 is 15.2 Å². The molecule has 2 aliphatic heterocycles. The van der Waals surface area contributed by atoms with Crippen LogP contribution in [0, 0.1) is 35.0 Å². The SMILES string of the molecule is CC1=C2C[C@@H]3[C@H](CC=C4C[C@H](O)CC[C@@]43C)[C@@H]2CC[C@]12O[C@@H]1C[C@H](C)CN[C@@H]1[C@@H]2C. The van der Waals surface area contributed by atoms with Crippen LogP contribution in [0.2, 0.25) is 0 Å². The van der Waals surface area contributed by atoms with Crippen LogP contribution in [-0.4, -0.2) is 35.5 Å². The molecule has 166 valence electrons. The molecule has 30 heavy (non-hydrogen) atoms. The summed E-state index contributed by atoms with van der Waals surface area (Å²) >= 11 is 0. The molecule has 1 spiro atoms. The summed E-state index contributed by atoms with van der Waals surface area (Å²) in [6, 6.07) is 0.530. The molecule has 0 radical (unpaired) electrons. The number of rotatable bonds is 0. The van der Waals surface area contributed by atoms with Crippen LogP contribution in [0.15, 0.2) is 22.8 Å². The van der Waals surface area contributed by atoms with Gasteiger partial charge in [-0.1, -0.05) is 38.0 Å². The smallest absolute Gasteiger partial charge is 0.0937 e. The first-order chi connectivity index (χ1) is 14.3. The molecule has 2 saturated heterocycles. The first-order valence-electron chi connectivity index (χ1n) is 12.8. The highest BCUT2D eigenvalue weighted by Gasteiger charge is 2.60. The summed E-state index contributed by atoms with van der Waals surface area (Å²) in [5.74, 6) is 3.64. The highest BCUT2D eigenvalue weighted by atomic mass is 16.5. The van der Waals surface area contributed by atoms with Gasteiger partial charge in [-0.3, -0.25) is 0 Å². The Kier molecular flexibility index (Phi) is 4.46. The molecular formula is C27H41NO2. The standard InChI is InChI=1S/C27H41NO2/c1-15-11-24-25(28-14-15)17(3)27(30-24)10-8-20-21-6-5-18-12-19(29)7-9-26(18,4)23(21)13-22(20)16(27)2/h5,15,17,19-21,23-25,28-29H,6-14H2,1-4H3/t15-,17-,19+,20-,21+,23+,24+,25+,26-,27-/m0/s1. The van der Waals surface area contributed by atoms with Crippen LogP contribution in [0.3, 0.4) is 0 Å². The third-order valence-electron chi connectivity index (χ3n) is 10.9. The van der Waals surface area contributed by atoms with Gasteiger partial charge >= 0.3 is 0 Å². The van der Waals surface area contributed by atoms with E-state index in [1.165, 1.54) is 38.5 Å². The van der Waals surface area contributed by atoms with E-state index in [2.05, 4.69) is 39.1 Å². The molecular weight excluding hydrogens is 370 g/mol. The van der Waals surface area contributed by atoms with Crippen molar-refractivity contribution in [2.24, 2.45) is 35.0 Å². The number of piperidine rings is 1. The van der Waals surface area contributed by atoms with Crippen molar-refractivity contribution in [1.82, 2.24) is 5.32 Å². The number of hydrogen-bond acceptors (Lipinski definition) is 3. The first-order valence-corrected chi connectivity index (χ1v) is 12.8. The van der Waals surface area contributed by atoms with Crippen molar-refractivity contribution in [3.8, 4) is 0 Å². The molecule has 0 aromatic carbocycles. The molecule has 2 N–H and O–H groups in total. The fourth-order valence-electron chi connectivity index (χ4n) is 9.09. The summed E-state index contributed by atoms with van der Waals surface area (Å²) in [6.07, 6.45) is 12.2.